The Morgan fingerprint density at radius 3 is 2.54 bits per heavy atom. The van der Waals surface area contributed by atoms with E-state index in [9.17, 15) is 4.79 Å². The van der Waals surface area contributed by atoms with Crippen molar-refractivity contribution in [2.45, 2.75) is 19.5 Å². The molecule has 0 bridgehead atoms. The van der Waals surface area contributed by atoms with Crippen LogP contribution in [-0.4, -0.2) is 24.3 Å². The summed E-state index contributed by atoms with van der Waals surface area (Å²) >= 11 is 3.54. The predicted octanol–water partition coefficient (Wildman–Crippen LogP) is 3.60. The van der Waals surface area contributed by atoms with E-state index in [1.807, 2.05) is 24.3 Å². The van der Waals surface area contributed by atoms with Gasteiger partial charge in [0, 0.05) is 19.5 Å². The van der Waals surface area contributed by atoms with Crippen molar-refractivity contribution < 1.29 is 19.4 Å². The average molecular weight is 392 g/mol. The lowest BCUT2D eigenvalue weighted by Gasteiger charge is -2.12. The van der Waals surface area contributed by atoms with E-state index in [0.29, 0.717) is 31.9 Å². The molecule has 0 amide bonds. The van der Waals surface area contributed by atoms with Crippen molar-refractivity contribution in [2.24, 2.45) is 0 Å². The molecular formula is C18H18BrNO4. The number of hydrogen-bond donors (Lipinski definition) is 2. The standard InChI is InChI=1S/C18H18BrNO4/c19-15-8-13(9-16-17(15)24-7-1-6-23-16)11-20-10-12-2-4-14(5-3-12)18(21)22/h2-5,8-9,20H,1,6-7,10-11H2,(H,21,22). The molecule has 0 spiro atoms. The van der Waals surface area contributed by atoms with E-state index < -0.39 is 5.97 Å². The zero-order chi connectivity index (χ0) is 16.9. The number of carboxylic acid groups (broad SMARTS) is 1. The number of halogens is 1. The average Bonchev–Trinajstić information content (AvgIpc) is 2.81. The van der Waals surface area contributed by atoms with Crippen molar-refractivity contribution in [2.75, 3.05) is 13.2 Å². The summed E-state index contributed by atoms with van der Waals surface area (Å²) in [6, 6.07) is 10.9. The third-order valence-corrected chi connectivity index (χ3v) is 4.31. The second-order valence-electron chi connectivity index (χ2n) is 5.56. The van der Waals surface area contributed by atoms with E-state index in [4.69, 9.17) is 14.6 Å². The quantitative estimate of drug-likeness (QED) is 0.814. The van der Waals surface area contributed by atoms with Crippen molar-refractivity contribution in [1.82, 2.24) is 5.32 Å². The molecule has 24 heavy (non-hydrogen) atoms. The molecular weight excluding hydrogens is 374 g/mol. The summed E-state index contributed by atoms with van der Waals surface area (Å²) in [6.45, 7) is 2.66. The molecule has 0 unspecified atom stereocenters. The third kappa shape index (κ3) is 4.07. The van der Waals surface area contributed by atoms with Gasteiger partial charge in [-0.2, -0.15) is 0 Å². The Kier molecular flexibility index (Phi) is 5.37. The van der Waals surface area contributed by atoms with Crippen LogP contribution < -0.4 is 14.8 Å². The van der Waals surface area contributed by atoms with E-state index in [2.05, 4.69) is 21.2 Å². The number of carboxylic acids is 1. The van der Waals surface area contributed by atoms with Gasteiger partial charge in [0.15, 0.2) is 11.5 Å². The minimum absolute atomic E-state index is 0.297. The fraction of sp³-hybridized carbons (Fsp3) is 0.278. The summed E-state index contributed by atoms with van der Waals surface area (Å²) in [6.07, 6.45) is 0.876. The minimum Gasteiger partial charge on any atom is -0.490 e. The van der Waals surface area contributed by atoms with Crippen LogP contribution in [-0.2, 0) is 13.1 Å². The zero-order valence-electron chi connectivity index (χ0n) is 13.0. The summed E-state index contributed by atoms with van der Waals surface area (Å²) in [5, 5.41) is 12.3. The van der Waals surface area contributed by atoms with E-state index >= 15 is 0 Å². The molecule has 1 aliphatic heterocycles. The fourth-order valence-corrected chi connectivity index (χ4v) is 3.11. The molecule has 1 heterocycles. The van der Waals surface area contributed by atoms with Crippen LogP contribution in [0.4, 0.5) is 0 Å². The van der Waals surface area contributed by atoms with Gasteiger partial charge < -0.3 is 19.9 Å². The first-order chi connectivity index (χ1) is 11.6. The predicted molar refractivity (Wildman–Crippen MR) is 93.7 cm³/mol. The molecule has 0 fully saturated rings. The van der Waals surface area contributed by atoms with Crippen molar-refractivity contribution in [3.8, 4) is 11.5 Å². The minimum atomic E-state index is -0.911. The van der Waals surface area contributed by atoms with Gasteiger partial charge in [-0.3, -0.25) is 0 Å². The molecule has 0 aromatic heterocycles. The molecule has 6 heteroatoms. The third-order valence-electron chi connectivity index (χ3n) is 3.72. The highest BCUT2D eigenvalue weighted by Gasteiger charge is 2.15. The Bertz CT molecular complexity index is 731. The molecule has 0 radical (unpaired) electrons. The first-order valence-corrected chi connectivity index (χ1v) is 8.54. The summed E-state index contributed by atoms with van der Waals surface area (Å²) in [5.41, 5.74) is 2.42. The number of fused-ring (bicyclic) bond motifs is 1. The maximum atomic E-state index is 10.8. The van der Waals surface area contributed by atoms with Crippen LogP contribution in [0, 0.1) is 0 Å². The molecule has 1 aliphatic rings. The topological polar surface area (TPSA) is 67.8 Å². The molecule has 2 N–H and O–H groups in total. The second kappa shape index (κ2) is 7.68. The highest BCUT2D eigenvalue weighted by molar-refractivity contribution is 9.10. The zero-order valence-corrected chi connectivity index (χ0v) is 14.6. The van der Waals surface area contributed by atoms with Gasteiger partial charge in [-0.25, -0.2) is 4.79 Å². The van der Waals surface area contributed by atoms with Crippen molar-refractivity contribution >= 4 is 21.9 Å². The van der Waals surface area contributed by atoms with E-state index in [-0.39, 0.29) is 0 Å². The first-order valence-electron chi connectivity index (χ1n) is 7.74. The number of carbonyl (C=O) groups is 1. The van der Waals surface area contributed by atoms with Gasteiger partial charge in [-0.05, 0) is 51.3 Å². The van der Waals surface area contributed by atoms with Crippen LogP contribution in [0.1, 0.15) is 27.9 Å². The first kappa shape index (κ1) is 16.8. The maximum absolute atomic E-state index is 10.8. The van der Waals surface area contributed by atoms with Crippen LogP contribution in [0.15, 0.2) is 40.9 Å². The van der Waals surface area contributed by atoms with Crippen LogP contribution in [0.5, 0.6) is 11.5 Å². The molecule has 2 aromatic rings. The molecule has 5 nitrogen and oxygen atoms in total. The monoisotopic (exact) mass is 391 g/mol. The van der Waals surface area contributed by atoms with Gasteiger partial charge in [-0.15, -0.1) is 0 Å². The summed E-state index contributed by atoms with van der Waals surface area (Å²) in [4.78, 5) is 10.8. The largest absolute Gasteiger partial charge is 0.490 e. The van der Waals surface area contributed by atoms with E-state index in [0.717, 1.165) is 33.5 Å². The number of benzene rings is 2. The van der Waals surface area contributed by atoms with Gasteiger partial charge in [0.1, 0.15) is 0 Å². The number of nitrogens with one attached hydrogen (secondary N) is 1. The number of hydrogen-bond acceptors (Lipinski definition) is 4. The lowest BCUT2D eigenvalue weighted by molar-refractivity contribution is 0.0697. The van der Waals surface area contributed by atoms with E-state index in [1.54, 1.807) is 12.1 Å². The van der Waals surface area contributed by atoms with Crippen molar-refractivity contribution in [3.05, 3.63) is 57.6 Å². The van der Waals surface area contributed by atoms with Gasteiger partial charge in [0.2, 0.25) is 0 Å². The fourth-order valence-electron chi connectivity index (χ4n) is 2.50. The van der Waals surface area contributed by atoms with Gasteiger partial charge in [-0.1, -0.05) is 12.1 Å². The van der Waals surface area contributed by atoms with Gasteiger partial charge in [0.05, 0.1) is 23.2 Å². The van der Waals surface area contributed by atoms with Crippen LogP contribution >= 0.6 is 15.9 Å². The lowest BCUT2D eigenvalue weighted by atomic mass is 10.1. The molecule has 0 saturated carbocycles. The maximum Gasteiger partial charge on any atom is 0.335 e. The highest BCUT2D eigenvalue weighted by atomic mass is 79.9. The Morgan fingerprint density at radius 2 is 1.79 bits per heavy atom. The molecule has 0 saturated heterocycles. The smallest absolute Gasteiger partial charge is 0.335 e. The van der Waals surface area contributed by atoms with Crippen LogP contribution in [0.2, 0.25) is 0 Å². The normalized spacial score (nSPS) is 13.4. The molecule has 0 aliphatic carbocycles. The summed E-state index contributed by atoms with van der Waals surface area (Å²) in [5.74, 6) is 0.622. The Morgan fingerprint density at radius 1 is 1.08 bits per heavy atom. The number of ether oxygens (including phenoxy) is 2. The van der Waals surface area contributed by atoms with E-state index in [1.165, 1.54) is 0 Å². The summed E-state index contributed by atoms with van der Waals surface area (Å²) < 4.78 is 12.3. The summed E-state index contributed by atoms with van der Waals surface area (Å²) in [7, 11) is 0. The lowest BCUT2D eigenvalue weighted by Crippen LogP contribution is -2.13. The van der Waals surface area contributed by atoms with Gasteiger partial charge >= 0.3 is 5.97 Å². The Balaban J connectivity index is 1.61. The SMILES string of the molecule is O=C(O)c1ccc(CNCc2cc(Br)c3c(c2)OCCCO3)cc1. The molecule has 126 valence electrons. The van der Waals surface area contributed by atoms with Crippen LogP contribution in [0.25, 0.3) is 0 Å². The highest BCUT2D eigenvalue weighted by Crippen LogP contribution is 2.38. The van der Waals surface area contributed by atoms with Crippen molar-refractivity contribution in [3.63, 3.8) is 0 Å². The molecule has 0 atom stereocenters. The van der Waals surface area contributed by atoms with Crippen LogP contribution in [0.3, 0.4) is 0 Å². The number of rotatable bonds is 5. The van der Waals surface area contributed by atoms with Gasteiger partial charge in [0.25, 0.3) is 0 Å². The second-order valence-corrected chi connectivity index (χ2v) is 6.42. The van der Waals surface area contributed by atoms with Crippen molar-refractivity contribution in [1.29, 1.82) is 0 Å². The number of aromatic carboxylic acids is 1. The molecule has 3 rings (SSSR count). The Labute approximate surface area is 148 Å². The molecule has 2 aromatic carbocycles. The Hall–Kier alpha value is -2.05.